The van der Waals surface area contributed by atoms with E-state index in [1.165, 1.54) is 0 Å². The molecule has 3 heteroatoms. The largest absolute Gasteiger partial charge is 0.492 e. The lowest BCUT2D eigenvalue weighted by atomic mass is 10.1. The number of allylic oxidation sites excluding steroid dienone is 4. The summed E-state index contributed by atoms with van der Waals surface area (Å²) in [6, 6.07) is 0. The molecular formula is C9H12BrFO. The third-order valence-electron chi connectivity index (χ3n) is 1.48. The van der Waals surface area contributed by atoms with Gasteiger partial charge in [-0.25, -0.2) is 4.39 Å². The Hall–Kier alpha value is -0.310. The molecule has 0 heterocycles. The van der Waals surface area contributed by atoms with Crippen molar-refractivity contribution in [2.75, 3.05) is 0 Å². The monoisotopic (exact) mass is 234 g/mol. The van der Waals surface area contributed by atoms with E-state index < -0.39 is 6.17 Å². The van der Waals surface area contributed by atoms with Gasteiger partial charge in [-0.2, -0.15) is 0 Å². The third kappa shape index (κ3) is 2.63. The first kappa shape index (κ1) is 9.78. The summed E-state index contributed by atoms with van der Waals surface area (Å²) in [5.41, 5.74) is 0. The molecule has 1 aliphatic rings. The topological polar surface area (TPSA) is 9.23 Å². The Labute approximate surface area is 80.4 Å². The number of hydrogen-bond donors (Lipinski definition) is 0. The van der Waals surface area contributed by atoms with Gasteiger partial charge >= 0.3 is 0 Å². The molecule has 12 heavy (non-hydrogen) atoms. The van der Waals surface area contributed by atoms with E-state index in [2.05, 4.69) is 15.9 Å². The van der Waals surface area contributed by atoms with Crippen LogP contribution in [0.2, 0.25) is 0 Å². The highest BCUT2D eigenvalue weighted by Gasteiger charge is 2.19. The fourth-order valence-electron chi connectivity index (χ4n) is 1.00. The van der Waals surface area contributed by atoms with Crippen LogP contribution < -0.4 is 0 Å². The minimum atomic E-state index is -0.994. The van der Waals surface area contributed by atoms with Gasteiger partial charge in [0.25, 0.3) is 0 Å². The van der Waals surface area contributed by atoms with Gasteiger partial charge < -0.3 is 4.74 Å². The minimum Gasteiger partial charge on any atom is -0.492 e. The molecular weight excluding hydrogens is 223 g/mol. The van der Waals surface area contributed by atoms with Crippen molar-refractivity contribution in [3.8, 4) is 0 Å². The quantitative estimate of drug-likeness (QED) is 0.713. The highest BCUT2D eigenvalue weighted by molar-refractivity contribution is 9.11. The highest BCUT2D eigenvalue weighted by Crippen LogP contribution is 2.26. The highest BCUT2D eigenvalue weighted by atomic mass is 79.9. The maximum absolute atomic E-state index is 13.2. The molecule has 0 fully saturated rings. The van der Waals surface area contributed by atoms with Crippen LogP contribution in [0, 0.1) is 0 Å². The van der Waals surface area contributed by atoms with E-state index in [4.69, 9.17) is 4.74 Å². The van der Waals surface area contributed by atoms with Crippen molar-refractivity contribution >= 4 is 15.9 Å². The second-order valence-corrected chi connectivity index (χ2v) is 4.04. The van der Waals surface area contributed by atoms with Crippen molar-refractivity contribution in [1.82, 2.24) is 0 Å². The van der Waals surface area contributed by atoms with Gasteiger partial charge in [0.2, 0.25) is 0 Å². The average Bonchev–Trinajstić information content (AvgIpc) is 1.94. The Kier molecular flexibility index (Phi) is 3.32. The van der Waals surface area contributed by atoms with Gasteiger partial charge in [-0.15, -0.1) is 0 Å². The van der Waals surface area contributed by atoms with E-state index in [9.17, 15) is 4.39 Å². The van der Waals surface area contributed by atoms with Crippen LogP contribution in [0.4, 0.5) is 4.39 Å². The van der Waals surface area contributed by atoms with Crippen molar-refractivity contribution < 1.29 is 9.13 Å². The van der Waals surface area contributed by atoms with Crippen molar-refractivity contribution in [1.29, 1.82) is 0 Å². The summed E-state index contributed by atoms with van der Waals surface area (Å²) in [5, 5.41) is 0. The van der Waals surface area contributed by atoms with Crippen LogP contribution >= 0.6 is 15.9 Å². The normalized spacial score (nSPS) is 23.6. The zero-order valence-electron chi connectivity index (χ0n) is 7.18. The van der Waals surface area contributed by atoms with Crippen LogP contribution in [0.1, 0.15) is 20.3 Å². The fourth-order valence-corrected chi connectivity index (χ4v) is 1.42. The number of rotatable bonds is 2. The number of halogens is 2. The molecule has 1 rings (SSSR count). The van der Waals surface area contributed by atoms with Gasteiger partial charge in [0.15, 0.2) is 6.17 Å². The third-order valence-corrected chi connectivity index (χ3v) is 2.07. The molecule has 0 aromatic rings. The molecule has 0 aromatic carbocycles. The molecule has 1 aliphatic carbocycles. The number of hydrogen-bond acceptors (Lipinski definition) is 1. The molecule has 0 N–H and O–H groups in total. The summed E-state index contributed by atoms with van der Waals surface area (Å²) < 4.78 is 19.3. The zero-order chi connectivity index (χ0) is 9.14. The van der Waals surface area contributed by atoms with E-state index in [-0.39, 0.29) is 6.10 Å². The van der Waals surface area contributed by atoms with Crippen LogP contribution in [0.25, 0.3) is 0 Å². The van der Waals surface area contributed by atoms with Crippen LogP contribution in [-0.4, -0.2) is 12.3 Å². The molecule has 0 saturated carbocycles. The summed E-state index contributed by atoms with van der Waals surface area (Å²) in [7, 11) is 0. The minimum absolute atomic E-state index is 0.0415. The Bertz CT molecular complexity index is 221. The Morgan fingerprint density at radius 3 is 2.75 bits per heavy atom. The second-order valence-electron chi connectivity index (χ2n) is 3.02. The second kappa shape index (κ2) is 4.08. The first-order valence-electron chi connectivity index (χ1n) is 3.96. The summed E-state index contributed by atoms with van der Waals surface area (Å²) in [6.07, 6.45) is 2.94. The van der Waals surface area contributed by atoms with Crippen LogP contribution in [-0.2, 0) is 4.74 Å². The van der Waals surface area contributed by atoms with Gasteiger partial charge in [0.1, 0.15) is 5.76 Å². The Balaban J connectivity index is 2.63. The summed E-state index contributed by atoms with van der Waals surface area (Å²) in [6.45, 7) is 3.78. The lowest BCUT2D eigenvalue weighted by molar-refractivity contribution is 0.105. The van der Waals surface area contributed by atoms with E-state index >= 15 is 0 Å². The first-order chi connectivity index (χ1) is 5.59. The average molecular weight is 235 g/mol. The smallest absolute Gasteiger partial charge is 0.161 e. The maximum atomic E-state index is 13.2. The summed E-state index contributed by atoms with van der Waals surface area (Å²) in [5.74, 6) is 0.438. The van der Waals surface area contributed by atoms with Crippen LogP contribution in [0.5, 0.6) is 0 Å². The molecule has 0 spiro atoms. The van der Waals surface area contributed by atoms with E-state index in [0.717, 1.165) is 4.48 Å². The SMILES string of the molecule is CC(C)OC1=CC=C(Br)CC1F. The Morgan fingerprint density at radius 1 is 1.58 bits per heavy atom. The first-order valence-corrected chi connectivity index (χ1v) is 4.76. The van der Waals surface area contributed by atoms with Crippen LogP contribution in [0.3, 0.4) is 0 Å². The van der Waals surface area contributed by atoms with Gasteiger partial charge in [-0.3, -0.25) is 0 Å². The predicted octanol–water partition coefficient (Wildman–Crippen LogP) is 3.32. The zero-order valence-corrected chi connectivity index (χ0v) is 8.77. The molecule has 68 valence electrons. The lowest BCUT2D eigenvalue weighted by Gasteiger charge is -2.19. The van der Waals surface area contributed by atoms with Crippen molar-refractivity contribution in [3.05, 3.63) is 22.4 Å². The van der Waals surface area contributed by atoms with E-state index in [1.807, 2.05) is 19.9 Å². The summed E-state index contributed by atoms with van der Waals surface area (Å²) >= 11 is 3.24. The Morgan fingerprint density at radius 2 is 2.25 bits per heavy atom. The number of alkyl halides is 1. The molecule has 0 radical (unpaired) electrons. The standard InChI is InChI=1S/C9H12BrFO/c1-6(2)12-9-4-3-7(10)5-8(9)11/h3-4,6,8H,5H2,1-2H3. The molecule has 0 saturated heterocycles. The molecule has 1 atom stereocenters. The van der Waals surface area contributed by atoms with Crippen molar-refractivity contribution in [2.24, 2.45) is 0 Å². The van der Waals surface area contributed by atoms with Crippen molar-refractivity contribution in [2.45, 2.75) is 32.5 Å². The van der Waals surface area contributed by atoms with Crippen LogP contribution in [0.15, 0.2) is 22.4 Å². The summed E-state index contributed by atoms with van der Waals surface area (Å²) in [4.78, 5) is 0. The molecule has 1 unspecified atom stereocenters. The van der Waals surface area contributed by atoms with Gasteiger partial charge in [0.05, 0.1) is 6.10 Å². The molecule has 1 nitrogen and oxygen atoms in total. The maximum Gasteiger partial charge on any atom is 0.161 e. The van der Waals surface area contributed by atoms with E-state index in [0.29, 0.717) is 12.2 Å². The molecule has 0 aromatic heterocycles. The predicted molar refractivity (Wildman–Crippen MR) is 50.8 cm³/mol. The van der Waals surface area contributed by atoms with Crippen molar-refractivity contribution in [3.63, 3.8) is 0 Å². The fraction of sp³-hybridized carbons (Fsp3) is 0.556. The number of ether oxygens (including phenoxy) is 1. The molecule has 0 bridgehead atoms. The lowest BCUT2D eigenvalue weighted by Crippen LogP contribution is -2.14. The van der Waals surface area contributed by atoms with Gasteiger partial charge in [-0.05, 0) is 30.5 Å². The van der Waals surface area contributed by atoms with E-state index in [1.54, 1.807) is 6.08 Å². The van der Waals surface area contributed by atoms with Gasteiger partial charge in [0, 0.05) is 6.42 Å². The molecule has 0 aliphatic heterocycles. The molecule has 0 amide bonds. The van der Waals surface area contributed by atoms with Gasteiger partial charge in [-0.1, -0.05) is 15.9 Å².